The van der Waals surface area contributed by atoms with E-state index in [9.17, 15) is 9.18 Å². The summed E-state index contributed by atoms with van der Waals surface area (Å²) in [7, 11) is 0. The van der Waals surface area contributed by atoms with Crippen LogP contribution < -0.4 is 0 Å². The Morgan fingerprint density at radius 2 is 2.42 bits per heavy atom. The Labute approximate surface area is 141 Å². The van der Waals surface area contributed by atoms with Crippen LogP contribution in [0, 0.1) is 5.82 Å². The van der Waals surface area contributed by atoms with Crippen molar-refractivity contribution in [2.45, 2.75) is 38.5 Å². The monoisotopic (exact) mass is 331 g/mol. The van der Waals surface area contributed by atoms with Gasteiger partial charge < -0.3 is 14.2 Å². The Kier molecular flexibility index (Phi) is 5.25. The molecule has 2 atom stereocenters. The molecule has 6 heteroatoms. The van der Waals surface area contributed by atoms with E-state index in [4.69, 9.17) is 4.74 Å². The highest BCUT2D eigenvalue weighted by molar-refractivity contribution is 5.80. The molecule has 0 spiro atoms. The normalized spacial score (nSPS) is 18.5. The highest BCUT2D eigenvalue weighted by Crippen LogP contribution is 2.19. The second kappa shape index (κ2) is 7.57. The number of imidazole rings is 1. The molecule has 1 aromatic carbocycles. The number of carbonyl (C=O) groups is 1. The Balaban J connectivity index is 1.76. The van der Waals surface area contributed by atoms with E-state index >= 15 is 0 Å². The van der Waals surface area contributed by atoms with E-state index in [2.05, 4.69) is 4.98 Å². The molecule has 3 rings (SSSR count). The fourth-order valence-corrected chi connectivity index (χ4v) is 3.01. The second-order valence-electron chi connectivity index (χ2n) is 6.17. The predicted molar refractivity (Wildman–Crippen MR) is 87.7 cm³/mol. The van der Waals surface area contributed by atoms with Crippen LogP contribution in [0.2, 0.25) is 0 Å². The van der Waals surface area contributed by atoms with Crippen molar-refractivity contribution in [1.82, 2.24) is 14.5 Å². The molecule has 0 aliphatic carbocycles. The van der Waals surface area contributed by atoms with Crippen molar-refractivity contribution in [3.63, 3.8) is 0 Å². The molecule has 0 unspecified atom stereocenters. The fraction of sp³-hybridized carbons (Fsp3) is 0.444. The first kappa shape index (κ1) is 16.6. The van der Waals surface area contributed by atoms with Gasteiger partial charge in [0.05, 0.1) is 12.4 Å². The van der Waals surface area contributed by atoms with E-state index in [1.54, 1.807) is 34.3 Å². The van der Waals surface area contributed by atoms with Gasteiger partial charge in [0.1, 0.15) is 11.9 Å². The molecule has 0 bridgehead atoms. The molecule has 1 fully saturated rings. The Morgan fingerprint density at radius 1 is 1.54 bits per heavy atom. The highest BCUT2D eigenvalue weighted by Gasteiger charge is 2.26. The van der Waals surface area contributed by atoms with Crippen LogP contribution in [0.15, 0.2) is 43.0 Å². The van der Waals surface area contributed by atoms with Crippen molar-refractivity contribution >= 4 is 5.91 Å². The molecule has 5 nitrogen and oxygen atoms in total. The summed E-state index contributed by atoms with van der Waals surface area (Å²) in [5, 5.41) is 0. The highest BCUT2D eigenvalue weighted by atomic mass is 19.1. The number of rotatable bonds is 6. The van der Waals surface area contributed by atoms with Crippen molar-refractivity contribution < 1.29 is 13.9 Å². The fourth-order valence-electron chi connectivity index (χ4n) is 3.01. The lowest BCUT2D eigenvalue weighted by atomic mass is 10.1. The maximum Gasteiger partial charge on any atom is 0.245 e. The number of ether oxygens (including phenoxy) is 1. The summed E-state index contributed by atoms with van der Waals surface area (Å²) in [4.78, 5) is 18.7. The average Bonchev–Trinajstić information content (AvgIpc) is 3.26. The SMILES string of the molecule is C[C@H](C(=O)N(Cc1cccc(F)c1)C[C@H]1CCCO1)n1ccnc1. The third kappa shape index (κ3) is 4.00. The lowest BCUT2D eigenvalue weighted by Gasteiger charge is -2.28. The summed E-state index contributed by atoms with van der Waals surface area (Å²) >= 11 is 0. The van der Waals surface area contributed by atoms with E-state index in [-0.39, 0.29) is 23.9 Å². The second-order valence-corrected chi connectivity index (χ2v) is 6.17. The van der Waals surface area contributed by atoms with Gasteiger partial charge in [-0.3, -0.25) is 4.79 Å². The number of halogens is 1. The minimum Gasteiger partial charge on any atom is -0.376 e. The van der Waals surface area contributed by atoms with Gasteiger partial charge in [-0.1, -0.05) is 12.1 Å². The smallest absolute Gasteiger partial charge is 0.245 e. The number of hydrogen-bond acceptors (Lipinski definition) is 3. The Bertz CT molecular complexity index is 669. The van der Waals surface area contributed by atoms with Crippen molar-refractivity contribution in [1.29, 1.82) is 0 Å². The molecule has 2 heterocycles. The average molecular weight is 331 g/mol. The lowest BCUT2D eigenvalue weighted by molar-refractivity contribution is -0.136. The van der Waals surface area contributed by atoms with Gasteiger partial charge >= 0.3 is 0 Å². The molecule has 1 aliphatic rings. The molecule has 1 saturated heterocycles. The summed E-state index contributed by atoms with van der Waals surface area (Å²) in [5.74, 6) is -0.313. The van der Waals surface area contributed by atoms with Gasteiger partial charge in [0.25, 0.3) is 0 Å². The lowest BCUT2D eigenvalue weighted by Crippen LogP contribution is -2.40. The summed E-state index contributed by atoms with van der Waals surface area (Å²) < 4.78 is 20.9. The van der Waals surface area contributed by atoms with E-state index in [1.807, 2.05) is 13.0 Å². The predicted octanol–water partition coefficient (Wildman–Crippen LogP) is 2.79. The summed E-state index contributed by atoms with van der Waals surface area (Å²) in [6.45, 7) is 3.48. The van der Waals surface area contributed by atoms with Crippen molar-refractivity contribution in [2.75, 3.05) is 13.2 Å². The molecule has 24 heavy (non-hydrogen) atoms. The molecule has 2 aromatic rings. The molecule has 1 aromatic heterocycles. The maximum absolute atomic E-state index is 13.5. The van der Waals surface area contributed by atoms with Crippen LogP contribution in [0.4, 0.5) is 4.39 Å². The van der Waals surface area contributed by atoms with Crippen LogP contribution in [-0.4, -0.2) is 39.6 Å². The minimum atomic E-state index is -0.359. The molecular weight excluding hydrogens is 309 g/mol. The Hall–Kier alpha value is -2.21. The zero-order valence-corrected chi connectivity index (χ0v) is 13.8. The van der Waals surface area contributed by atoms with Gasteiger partial charge in [-0.15, -0.1) is 0 Å². The zero-order valence-electron chi connectivity index (χ0n) is 13.8. The molecule has 1 amide bonds. The van der Waals surface area contributed by atoms with Crippen LogP contribution in [0.25, 0.3) is 0 Å². The summed E-state index contributed by atoms with van der Waals surface area (Å²) in [6.07, 6.45) is 7.08. The number of benzene rings is 1. The Morgan fingerprint density at radius 3 is 3.08 bits per heavy atom. The van der Waals surface area contributed by atoms with E-state index in [1.165, 1.54) is 12.1 Å². The number of hydrogen-bond donors (Lipinski definition) is 0. The van der Waals surface area contributed by atoms with Crippen LogP contribution >= 0.6 is 0 Å². The van der Waals surface area contributed by atoms with Gasteiger partial charge in [-0.2, -0.15) is 0 Å². The summed E-state index contributed by atoms with van der Waals surface area (Å²) in [6, 6.07) is 6.02. The third-order valence-electron chi connectivity index (χ3n) is 4.35. The zero-order chi connectivity index (χ0) is 16.9. The quantitative estimate of drug-likeness (QED) is 0.818. The van der Waals surface area contributed by atoms with Gasteiger partial charge in [-0.25, -0.2) is 9.37 Å². The van der Waals surface area contributed by atoms with Gasteiger partial charge in [0.15, 0.2) is 0 Å². The van der Waals surface area contributed by atoms with Crippen LogP contribution in [-0.2, 0) is 16.1 Å². The molecule has 0 N–H and O–H groups in total. The maximum atomic E-state index is 13.5. The minimum absolute atomic E-state index is 0.0206. The van der Waals surface area contributed by atoms with Gasteiger partial charge in [-0.05, 0) is 37.5 Å². The third-order valence-corrected chi connectivity index (χ3v) is 4.35. The van der Waals surface area contributed by atoms with Crippen molar-refractivity contribution in [2.24, 2.45) is 0 Å². The van der Waals surface area contributed by atoms with E-state index in [0.29, 0.717) is 13.1 Å². The molecular formula is C18H22FN3O2. The number of amides is 1. The molecule has 0 saturated carbocycles. The largest absolute Gasteiger partial charge is 0.376 e. The molecule has 1 aliphatic heterocycles. The van der Waals surface area contributed by atoms with Crippen molar-refractivity contribution in [3.8, 4) is 0 Å². The van der Waals surface area contributed by atoms with Gasteiger partial charge in [0.2, 0.25) is 5.91 Å². The number of carbonyl (C=O) groups excluding carboxylic acids is 1. The van der Waals surface area contributed by atoms with Gasteiger partial charge in [0, 0.05) is 32.1 Å². The van der Waals surface area contributed by atoms with E-state index in [0.717, 1.165) is 25.0 Å². The first-order valence-corrected chi connectivity index (χ1v) is 8.26. The molecule has 128 valence electrons. The number of aromatic nitrogens is 2. The standard InChI is InChI=1S/C18H22FN3O2/c1-14(21-8-7-20-13-21)18(23)22(12-17-6-3-9-24-17)11-15-4-2-5-16(19)10-15/h2,4-5,7-8,10,13-14,17H,3,6,9,11-12H2,1H3/t14-,17-/m1/s1. The van der Waals surface area contributed by atoms with Crippen molar-refractivity contribution in [3.05, 3.63) is 54.4 Å². The first-order chi connectivity index (χ1) is 11.6. The first-order valence-electron chi connectivity index (χ1n) is 8.26. The summed E-state index contributed by atoms with van der Waals surface area (Å²) in [5.41, 5.74) is 0.777. The van der Waals surface area contributed by atoms with E-state index < -0.39 is 0 Å². The molecule has 0 radical (unpaired) electrons. The van der Waals surface area contributed by atoms with Crippen LogP contribution in [0.5, 0.6) is 0 Å². The topological polar surface area (TPSA) is 47.4 Å². The van der Waals surface area contributed by atoms with Crippen LogP contribution in [0.3, 0.4) is 0 Å². The number of nitrogens with zero attached hydrogens (tertiary/aromatic N) is 3. The van der Waals surface area contributed by atoms with Crippen LogP contribution in [0.1, 0.15) is 31.4 Å².